The Balaban J connectivity index is 1.93. The van der Waals surface area contributed by atoms with Gasteiger partial charge >= 0.3 is 18.1 Å². The van der Waals surface area contributed by atoms with E-state index in [0.717, 1.165) is 0 Å². The number of hydrogen-bond donors (Lipinski definition) is 1. The molecule has 11 nitrogen and oxygen atoms in total. The molecule has 1 N–H and O–H groups in total. The quantitative estimate of drug-likeness (QED) is 0.173. The molecule has 12 heteroatoms. The van der Waals surface area contributed by atoms with E-state index in [9.17, 15) is 24.5 Å². The van der Waals surface area contributed by atoms with Gasteiger partial charge in [-0.3, -0.25) is 10.1 Å². The van der Waals surface area contributed by atoms with E-state index in [4.69, 9.17) is 21.7 Å². The van der Waals surface area contributed by atoms with Crippen molar-refractivity contribution in [1.82, 2.24) is 5.32 Å². The molecule has 1 atom stereocenters. The Morgan fingerprint density at radius 2 is 1.97 bits per heavy atom. The maximum atomic E-state index is 12.7. The Bertz CT molecular complexity index is 961. The van der Waals surface area contributed by atoms with Crippen LogP contribution in [0.5, 0.6) is 0 Å². The number of thiocarbonyl (C=S) groups is 1. The predicted molar refractivity (Wildman–Crippen MR) is 118 cm³/mol. The first-order valence-corrected chi connectivity index (χ1v) is 10.5. The van der Waals surface area contributed by atoms with Gasteiger partial charge in [-0.05, 0) is 19.4 Å². The number of hydrogen-bond acceptors (Lipinski definition) is 10. The number of rotatable bonds is 10. The van der Waals surface area contributed by atoms with Crippen molar-refractivity contribution in [3.8, 4) is 0 Å². The summed E-state index contributed by atoms with van der Waals surface area (Å²) in [6.45, 7) is 2.62. The van der Waals surface area contributed by atoms with Gasteiger partial charge in [0.05, 0.1) is 28.7 Å². The average molecular weight is 480 g/mol. The molecule has 0 aliphatic carbocycles. The van der Waals surface area contributed by atoms with E-state index < -0.39 is 35.5 Å². The second kappa shape index (κ2) is 12.5. The Morgan fingerprint density at radius 1 is 1.21 bits per heavy atom. The molecule has 0 saturated carbocycles. The molecule has 2 rings (SSSR count). The largest absolute Gasteiger partial charge is 0.508 e. The monoisotopic (exact) mass is 480 g/mol. The number of nitro benzene ring substituents is 1. The zero-order valence-corrected chi connectivity index (χ0v) is 19.0. The lowest BCUT2D eigenvalue weighted by Crippen LogP contribution is -2.36. The molecule has 178 valence electrons. The van der Waals surface area contributed by atoms with E-state index in [1.807, 2.05) is 0 Å². The molecule has 1 unspecified atom stereocenters. The van der Waals surface area contributed by atoms with Gasteiger partial charge in [-0.2, -0.15) is 0 Å². The number of carbonyl (C=O) groups is 3. The molecule has 0 amide bonds. The van der Waals surface area contributed by atoms with Crippen molar-refractivity contribution in [2.45, 2.75) is 26.7 Å². The third-order valence-corrected chi connectivity index (χ3v) is 4.82. The van der Waals surface area contributed by atoms with Crippen LogP contribution in [0.25, 0.3) is 0 Å². The fourth-order valence-corrected chi connectivity index (χ4v) is 3.47. The molecule has 0 fully saturated rings. The molecule has 0 radical (unpaired) electrons. The molecule has 0 aromatic heterocycles. The van der Waals surface area contributed by atoms with Gasteiger partial charge in [0.2, 0.25) is 0 Å². The van der Waals surface area contributed by atoms with Gasteiger partial charge in [0, 0.05) is 36.6 Å². The summed E-state index contributed by atoms with van der Waals surface area (Å²) in [5.74, 6) is -1.90. The van der Waals surface area contributed by atoms with Crippen LogP contribution in [0.3, 0.4) is 0 Å². The van der Waals surface area contributed by atoms with Gasteiger partial charge < -0.3 is 24.3 Å². The lowest BCUT2D eigenvalue weighted by molar-refractivity contribution is -0.384. The van der Waals surface area contributed by atoms with Crippen molar-refractivity contribution in [2.75, 3.05) is 26.4 Å². The van der Waals surface area contributed by atoms with E-state index in [0.29, 0.717) is 16.2 Å². The highest BCUT2D eigenvalue weighted by Gasteiger charge is 2.31. The van der Waals surface area contributed by atoms with Gasteiger partial charge in [-0.25, -0.2) is 14.4 Å². The van der Waals surface area contributed by atoms with Crippen LogP contribution in [-0.2, 0) is 35.0 Å². The highest BCUT2D eigenvalue weighted by molar-refractivity contribution is 7.80. The van der Waals surface area contributed by atoms with Gasteiger partial charge in [0.15, 0.2) is 6.61 Å². The SMILES string of the molecule is CCOC(=O)COC(=O)OCC1CC(=S)NC(C)=C1C(=O)OCCc1cccc([N+](=O)[O-])c1. The van der Waals surface area contributed by atoms with Crippen LogP contribution in [-0.4, -0.2) is 54.4 Å². The van der Waals surface area contributed by atoms with Crippen LogP contribution in [0.4, 0.5) is 10.5 Å². The highest BCUT2D eigenvalue weighted by Crippen LogP contribution is 2.25. The van der Waals surface area contributed by atoms with Crippen molar-refractivity contribution in [1.29, 1.82) is 0 Å². The summed E-state index contributed by atoms with van der Waals surface area (Å²) >= 11 is 5.19. The maximum Gasteiger partial charge on any atom is 0.508 e. The number of nitro groups is 1. The number of allylic oxidation sites excluding steroid dienone is 1. The first-order chi connectivity index (χ1) is 15.7. The lowest BCUT2D eigenvalue weighted by atomic mass is 9.91. The van der Waals surface area contributed by atoms with Gasteiger partial charge in [0.1, 0.15) is 6.61 Å². The zero-order chi connectivity index (χ0) is 24.4. The second-order valence-corrected chi connectivity index (χ2v) is 7.45. The Labute approximate surface area is 195 Å². The van der Waals surface area contributed by atoms with Gasteiger partial charge in [0.25, 0.3) is 5.69 Å². The number of carbonyl (C=O) groups excluding carboxylic acids is 3. The van der Waals surface area contributed by atoms with E-state index >= 15 is 0 Å². The minimum Gasteiger partial charge on any atom is -0.463 e. The Hall–Kier alpha value is -3.54. The number of benzene rings is 1. The molecular formula is C21H24N2O9S. The van der Waals surface area contributed by atoms with E-state index in [-0.39, 0.29) is 43.9 Å². The summed E-state index contributed by atoms with van der Waals surface area (Å²) < 4.78 is 19.7. The summed E-state index contributed by atoms with van der Waals surface area (Å²) in [4.78, 5) is 46.6. The molecule has 1 aliphatic rings. The third kappa shape index (κ3) is 8.15. The maximum absolute atomic E-state index is 12.7. The standard InChI is InChI=1S/C21H24N2O9S/c1-3-29-18(24)12-32-21(26)31-11-15-10-17(33)22-13(2)19(15)20(25)30-8-7-14-5-4-6-16(9-14)23(27)28/h4-6,9,15H,3,7-8,10-12H2,1-2H3,(H,22,33). The molecule has 0 saturated heterocycles. The normalized spacial score (nSPS) is 15.3. The smallest absolute Gasteiger partial charge is 0.463 e. The molecule has 1 aromatic rings. The summed E-state index contributed by atoms with van der Waals surface area (Å²) in [5, 5.41) is 13.8. The predicted octanol–water partition coefficient (Wildman–Crippen LogP) is 2.61. The van der Waals surface area contributed by atoms with Crippen LogP contribution in [0.2, 0.25) is 0 Å². The fourth-order valence-electron chi connectivity index (χ4n) is 3.12. The molecule has 33 heavy (non-hydrogen) atoms. The molecule has 1 aromatic carbocycles. The summed E-state index contributed by atoms with van der Waals surface area (Å²) in [5.41, 5.74) is 1.34. The average Bonchev–Trinajstić information content (AvgIpc) is 2.76. The zero-order valence-electron chi connectivity index (χ0n) is 18.2. The number of esters is 2. The Kier molecular flexibility index (Phi) is 9.73. The minimum absolute atomic E-state index is 0.00358. The van der Waals surface area contributed by atoms with Crippen LogP contribution in [0.1, 0.15) is 25.8 Å². The van der Waals surface area contributed by atoms with E-state index in [1.165, 1.54) is 12.1 Å². The summed E-state index contributed by atoms with van der Waals surface area (Å²) in [6.07, 6.45) is -0.552. The number of nitrogens with zero attached hydrogens (tertiary/aromatic N) is 1. The molecule has 1 heterocycles. The van der Waals surface area contributed by atoms with Crippen molar-refractivity contribution in [3.05, 3.63) is 51.2 Å². The van der Waals surface area contributed by atoms with Crippen molar-refractivity contribution in [3.63, 3.8) is 0 Å². The molecule has 1 aliphatic heterocycles. The van der Waals surface area contributed by atoms with E-state index in [2.05, 4.69) is 14.8 Å². The van der Waals surface area contributed by atoms with Gasteiger partial charge in [-0.15, -0.1) is 0 Å². The number of ether oxygens (including phenoxy) is 4. The molecule has 0 bridgehead atoms. The van der Waals surface area contributed by atoms with Crippen molar-refractivity contribution < 1.29 is 38.3 Å². The van der Waals surface area contributed by atoms with Crippen LogP contribution in [0.15, 0.2) is 35.5 Å². The van der Waals surface area contributed by atoms with Crippen molar-refractivity contribution in [2.24, 2.45) is 5.92 Å². The number of nitrogens with one attached hydrogen (secondary N) is 1. The minimum atomic E-state index is -1.08. The third-order valence-electron chi connectivity index (χ3n) is 4.55. The van der Waals surface area contributed by atoms with E-state index in [1.54, 1.807) is 26.0 Å². The van der Waals surface area contributed by atoms with Crippen LogP contribution in [0, 0.1) is 16.0 Å². The first-order valence-electron chi connectivity index (χ1n) is 10.1. The fraction of sp³-hybridized carbons (Fsp3) is 0.429. The lowest BCUT2D eigenvalue weighted by Gasteiger charge is -2.27. The van der Waals surface area contributed by atoms with Gasteiger partial charge in [-0.1, -0.05) is 24.4 Å². The number of non-ortho nitro benzene ring substituents is 1. The molecular weight excluding hydrogens is 456 g/mol. The highest BCUT2D eigenvalue weighted by atomic mass is 32.1. The second-order valence-electron chi connectivity index (χ2n) is 6.96. The summed E-state index contributed by atoms with van der Waals surface area (Å²) in [7, 11) is 0. The molecule has 0 spiro atoms. The summed E-state index contributed by atoms with van der Waals surface area (Å²) in [6, 6.07) is 6.05. The Morgan fingerprint density at radius 3 is 2.67 bits per heavy atom. The topological polar surface area (TPSA) is 143 Å². The first kappa shape index (κ1) is 25.7. The van der Waals surface area contributed by atoms with Crippen LogP contribution < -0.4 is 5.32 Å². The van der Waals surface area contributed by atoms with Crippen molar-refractivity contribution >= 4 is 41.0 Å². The van der Waals surface area contributed by atoms with Crippen LogP contribution >= 0.6 is 12.2 Å².